The molecule has 0 atom stereocenters. The Kier molecular flexibility index (Phi) is 6.17. The van der Waals surface area contributed by atoms with Crippen molar-refractivity contribution >= 4 is 11.9 Å². The van der Waals surface area contributed by atoms with E-state index in [1.165, 1.54) is 12.1 Å². The number of hydrogen-bond donors (Lipinski definition) is 0. The number of hydrogen-bond acceptors (Lipinski definition) is 5. The van der Waals surface area contributed by atoms with Crippen LogP contribution in [0.5, 0.6) is 0 Å². The number of aromatic nitrogens is 1. The van der Waals surface area contributed by atoms with E-state index in [1.54, 1.807) is 6.07 Å². The molecule has 0 saturated carbocycles. The van der Waals surface area contributed by atoms with Gasteiger partial charge in [-0.25, -0.2) is 14.6 Å². The van der Waals surface area contributed by atoms with Gasteiger partial charge in [0.25, 0.3) is 0 Å². The summed E-state index contributed by atoms with van der Waals surface area (Å²) in [5.74, 6) is -1.18. The van der Waals surface area contributed by atoms with Crippen molar-refractivity contribution in [1.29, 1.82) is 0 Å². The molecule has 0 unspecified atom stereocenters. The summed E-state index contributed by atoms with van der Waals surface area (Å²) in [6.45, 7) is 4.26. The predicted molar refractivity (Wildman–Crippen MR) is 105 cm³/mol. The molecule has 1 heterocycles. The summed E-state index contributed by atoms with van der Waals surface area (Å²) in [5, 5.41) is 0. The van der Waals surface area contributed by atoms with Crippen molar-refractivity contribution in [2.45, 2.75) is 27.1 Å². The highest BCUT2D eigenvalue weighted by molar-refractivity contribution is 5.91. The van der Waals surface area contributed by atoms with Crippen LogP contribution in [0.1, 0.15) is 43.2 Å². The maximum Gasteiger partial charge on any atom is 0.357 e. The first-order valence-electron chi connectivity index (χ1n) is 8.93. The summed E-state index contributed by atoms with van der Waals surface area (Å²) in [6, 6.07) is 20.0. The van der Waals surface area contributed by atoms with Crippen LogP contribution < -0.4 is 0 Å². The maximum atomic E-state index is 12.2. The molecular formula is C23H21NO4. The molecule has 0 aliphatic carbocycles. The number of carbonyl (C=O) groups is 2. The van der Waals surface area contributed by atoms with Gasteiger partial charge in [0.15, 0.2) is 0 Å². The lowest BCUT2D eigenvalue weighted by Gasteiger charge is -2.07. The lowest BCUT2D eigenvalue weighted by atomic mass is 10.2. The van der Waals surface area contributed by atoms with Gasteiger partial charge >= 0.3 is 11.9 Å². The first-order chi connectivity index (χ1) is 13.5. The normalized spacial score (nSPS) is 10.4. The quantitative estimate of drug-likeness (QED) is 0.597. The van der Waals surface area contributed by atoms with Crippen molar-refractivity contribution in [1.82, 2.24) is 4.98 Å². The van der Waals surface area contributed by atoms with Gasteiger partial charge in [0.2, 0.25) is 0 Å². The summed E-state index contributed by atoms with van der Waals surface area (Å²) in [7, 11) is 0. The minimum absolute atomic E-state index is 0.0666. The Morgan fingerprint density at radius 1 is 0.679 bits per heavy atom. The number of nitrogens with zero attached hydrogens (tertiary/aromatic N) is 1. The zero-order valence-corrected chi connectivity index (χ0v) is 15.8. The molecule has 0 spiro atoms. The fourth-order valence-corrected chi connectivity index (χ4v) is 2.48. The molecule has 5 nitrogen and oxygen atoms in total. The maximum absolute atomic E-state index is 12.2. The fraction of sp³-hybridized carbons (Fsp3) is 0.174. The number of pyridine rings is 1. The molecule has 0 fully saturated rings. The number of esters is 2. The molecule has 2 aromatic carbocycles. The number of rotatable bonds is 6. The fourth-order valence-electron chi connectivity index (χ4n) is 2.48. The Morgan fingerprint density at radius 2 is 1.07 bits per heavy atom. The summed E-state index contributed by atoms with van der Waals surface area (Å²) in [4.78, 5) is 28.5. The molecule has 0 amide bonds. The largest absolute Gasteiger partial charge is 0.456 e. The molecular weight excluding hydrogens is 354 g/mol. The van der Waals surface area contributed by atoms with Crippen LogP contribution in [0.15, 0.2) is 66.7 Å². The topological polar surface area (TPSA) is 65.5 Å². The van der Waals surface area contributed by atoms with Crippen LogP contribution in [0, 0.1) is 13.8 Å². The highest BCUT2D eigenvalue weighted by Gasteiger charge is 2.15. The number of ether oxygens (including phenoxy) is 2. The van der Waals surface area contributed by atoms with Crippen molar-refractivity contribution < 1.29 is 19.1 Å². The van der Waals surface area contributed by atoms with E-state index in [4.69, 9.17) is 9.47 Å². The van der Waals surface area contributed by atoms with Gasteiger partial charge < -0.3 is 9.47 Å². The van der Waals surface area contributed by atoms with Gasteiger partial charge in [-0.3, -0.25) is 0 Å². The molecule has 28 heavy (non-hydrogen) atoms. The van der Waals surface area contributed by atoms with E-state index >= 15 is 0 Å². The standard InChI is InChI=1S/C23H21NO4/c1-16-6-10-18(11-7-16)14-27-22(25)20-4-3-5-21(24-20)23(26)28-15-19-12-8-17(2)9-13-19/h3-13H,14-15H2,1-2H3. The lowest BCUT2D eigenvalue weighted by Crippen LogP contribution is -2.12. The molecule has 0 saturated heterocycles. The average Bonchev–Trinajstić information content (AvgIpc) is 2.72. The first kappa shape index (κ1) is 19.3. The zero-order chi connectivity index (χ0) is 19.9. The minimum Gasteiger partial charge on any atom is -0.456 e. The molecule has 3 aromatic rings. The van der Waals surface area contributed by atoms with Gasteiger partial charge in [-0.1, -0.05) is 65.7 Å². The van der Waals surface area contributed by atoms with Gasteiger partial charge in [0, 0.05) is 0 Å². The molecule has 0 bridgehead atoms. The second kappa shape index (κ2) is 8.95. The monoisotopic (exact) mass is 375 g/mol. The van der Waals surface area contributed by atoms with Crippen LogP contribution in [-0.2, 0) is 22.7 Å². The van der Waals surface area contributed by atoms with Crippen LogP contribution in [0.25, 0.3) is 0 Å². The molecule has 3 rings (SSSR count). The summed E-state index contributed by atoms with van der Waals surface area (Å²) < 4.78 is 10.6. The minimum atomic E-state index is -0.589. The van der Waals surface area contributed by atoms with Crippen molar-refractivity contribution in [3.63, 3.8) is 0 Å². The van der Waals surface area contributed by atoms with E-state index in [-0.39, 0.29) is 24.6 Å². The third-order valence-electron chi connectivity index (χ3n) is 4.15. The second-order valence-corrected chi connectivity index (χ2v) is 6.53. The number of aryl methyl sites for hydroxylation is 2. The van der Waals surface area contributed by atoms with Crippen LogP contribution in [0.2, 0.25) is 0 Å². The third kappa shape index (κ3) is 5.27. The van der Waals surface area contributed by atoms with Gasteiger partial charge in [-0.05, 0) is 37.1 Å². The molecule has 5 heteroatoms. The highest BCUT2D eigenvalue weighted by Crippen LogP contribution is 2.10. The van der Waals surface area contributed by atoms with E-state index in [0.29, 0.717) is 0 Å². The van der Waals surface area contributed by atoms with Gasteiger partial charge in [-0.15, -0.1) is 0 Å². The van der Waals surface area contributed by atoms with Crippen molar-refractivity contribution in [2.75, 3.05) is 0 Å². The first-order valence-corrected chi connectivity index (χ1v) is 8.93. The van der Waals surface area contributed by atoms with Crippen LogP contribution in [-0.4, -0.2) is 16.9 Å². The van der Waals surface area contributed by atoms with Gasteiger partial charge in [0.1, 0.15) is 24.6 Å². The van der Waals surface area contributed by atoms with Crippen molar-refractivity contribution in [3.8, 4) is 0 Å². The zero-order valence-electron chi connectivity index (χ0n) is 15.8. The van der Waals surface area contributed by atoms with Crippen LogP contribution in [0.4, 0.5) is 0 Å². The Labute approximate surface area is 164 Å². The highest BCUT2D eigenvalue weighted by atomic mass is 16.5. The van der Waals surface area contributed by atoms with Crippen molar-refractivity contribution in [3.05, 3.63) is 100 Å². The van der Waals surface area contributed by atoms with Crippen molar-refractivity contribution in [2.24, 2.45) is 0 Å². The second-order valence-electron chi connectivity index (χ2n) is 6.53. The molecule has 0 aliphatic heterocycles. The van der Waals surface area contributed by atoms with Crippen LogP contribution in [0.3, 0.4) is 0 Å². The van der Waals surface area contributed by atoms with E-state index in [9.17, 15) is 9.59 Å². The molecule has 1 aromatic heterocycles. The molecule has 0 aliphatic rings. The SMILES string of the molecule is Cc1ccc(COC(=O)c2cccc(C(=O)OCc3ccc(C)cc3)n2)cc1. The molecule has 0 radical (unpaired) electrons. The summed E-state index contributed by atoms with van der Waals surface area (Å²) in [6.07, 6.45) is 0. The third-order valence-corrected chi connectivity index (χ3v) is 4.15. The lowest BCUT2D eigenvalue weighted by molar-refractivity contribution is 0.0456. The van der Waals surface area contributed by atoms with E-state index in [2.05, 4.69) is 4.98 Å². The Balaban J connectivity index is 1.58. The smallest absolute Gasteiger partial charge is 0.357 e. The predicted octanol–water partition coefficient (Wildman–Crippen LogP) is 4.41. The van der Waals surface area contributed by atoms with E-state index in [1.807, 2.05) is 62.4 Å². The van der Waals surface area contributed by atoms with E-state index < -0.39 is 11.9 Å². The summed E-state index contributed by atoms with van der Waals surface area (Å²) in [5.41, 5.74) is 4.16. The average molecular weight is 375 g/mol. The van der Waals surface area contributed by atoms with E-state index in [0.717, 1.165) is 22.3 Å². The summed E-state index contributed by atoms with van der Waals surface area (Å²) >= 11 is 0. The number of carbonyl (C=O) groups excluding carboxylic acids is 2. The Hall–Kier alpha value is -3.47. The molecule has 0 N–H and O–H groups in total. The van der Waals surface area contributed by atoms with Gasteiger partial charge in [0.05, 0.1) is 0 Å². The van der Waals surface area contributed by atoms with Crippen LogP contribution >= 0.6 is 0 Å². The number of benzene rings is 2. The molecule has 142 valence electrons. The Morgan fingerprint density at radius 3 is 1.46 bits per heavy atom. The van der Waals surface area contributed by atoms with Gasteiger partial charge in [-0.2, -0.15) is 0 Å². The Bertz CT molecular complexity index is 886.